The van der Waals surface area contributed by atoms with Crippen molar-refractivity contribution in [3.8, 4) is 0 Å². The predicted molar refractivity (Wildman–Crippen MR) is 111 cm³/mol. The van der Waals surface area contributed by atoms with Gasteiger partial charge in [-0.25, -0.2) is 8.78 Å². The van der Waals surface area contributed by atoms with E-state index in [1.807, 2.05) is 0 Å². The van der Waals surface area contributed by atoms with Crippen molar-refractivity contribution >= 4 is 8.07 Å². The molecule has 0 aromatic carbocycles. The number of rotatable bonds is 5. The van der Waals surface area contributed by atoms with Crippen LogP contribution >= 0.6 is 0 Å². The second kappa shape index (κ2) is 9.05. The molecule has 3 heteroatoms. The Hall–Kier alpha value is 0.0769. The van der Waals surface area contributed by atoms with E-state index in [2.05, 4.69) is 19.6 Å². The molecule has 0 saturated heterocycles. The molecule has 0 N–H and O–H groups in total. The van der Waals surface area contributed by atoms with Gasteiger partial charge in [-0.15, -0.1) is 0 Å². The SMILES string of the molecule is C[Si](C)(C)CCC1CCC(C2CCC(C3CCC(F)C(F)C3)CC2)CC1. The van der Waals surface area contributed by atoms with Gasteiger partial charge < -0.3 is 0 Å². The Morgan fingerprint density at radius 2 is 1.08 bits per heavy atom. The highest BCUT2D eigenvalue weighted by molar-refractivity contribution is 6.76. The lowest BCUT2D eigenvalue weighted by atomic mass is 9.65. The Morgan fingerprint density at radius 3 is 1.58 bits per heavy atom. The zero-order valence-electron chi connectivity index (χ0n) is 17.5. The van der Waals surface area contributed by atoms with E-state index < -0.39 is 20.4 Å². The molecule has 0 heterocycles. The Morgan fingerprint density at radius 1 is 0.615 bits per heavy atom. The van der Waals surface area contributed by atoms with E-state index in [0.717, 1.165) is 24.2 Å². The van der Waals surface area contributed by atoms with Crippen molar-refractivity contribution < 1.29 is 8.78 Å². The lowest BCUT2D eigenvalue weighted by molar-refractivity contribution is 0.0473. The average Bonchev–Trinajstić information content (AvgIpc) is 2.62. The molecule has 3 rings (SSSR count). The van der Waals surface area contributed by atoms with Gasteiger partial charge in [-0.1, -0.05) is 44.9 Å². The molecule has 3 aliphatic carbocycles. The number of alkyl halides is 2. The van der Waals surface area contributed by atoms with E-state index in [1.165, 1.54) is 63.8 Å². The van der Waals surface area contributed by atoms with Crippen LogP contribution in [0.4, 0.5) is 8.78 Å². The maximum atomic E-state index is 13.8. The van der Waals surface area contributed by atoms with Gasteiger partial charge in [0.05, 0.1) is 0 Å². The average molecular weight is 385 g/mol. The van der Waals surface area contributed by atoms with Crippen LogP contribution in [0.3, 0.4) is 0 Å². The lowest BCUT2D eigenvalue weighted by Gasteiger charge is -2.41. The van der Waals surface area contributed by atoms with Gasteiger partial charge >= 0.3 is 0 Å². The van der Waals surface area contributed by atoms with Crippen LogP contribution in [0.1, 0.15) is 77.0 Å². The van der Waals surface area contributed by atoms with Crippen LogP contribution in [0.25, 0.3) is 0 Å². The van der Waals surface area contributed by atoms with Crippen molar-refractivity contribution in [2.75, 3.05) is 0 Å². The molecule has 3 unspecified atom stereocenters. The zero-order valence-corrected chi connectivity index (χ0v) is 18.5. The number of hydrogen-bond donors (Lipinski definition) is 0. The third kappa shape index (κ3) is 5.79. The van der Waals surface area contributed by atoms with E-state index in [1.54, 1.807) is 0 Å². The quantitative estimate of drug-likeness (QED) is 0.424. The fourth-order valence-electron chi connectivity index (χ4n) is 6.21. The molecule has 3 atom stereocenters. The molecule has 0 aromatic rings. The second-order valence-electron chi connectivity index (χ2n) is 11.2. The van der Waals surface area contributed by atoms with Gasteiger partial charge in [0.15, 0.2) is 0 Å². The molecular weight excluding hydrogens is 342 g/mol. The highest BCUT2D eigenvalue weighted by Crippen LogP contribution is 2.46. The van der Waals surface area contributed by atoms with Crippen LogP contribution in [0.5, 0.6) is 0 Å². The van der Waals surface area contributed by atoms with Crippen molar-refractivity contribution in [3.63, 3.8) is 0 Å². The Bertz CT molecular complexity index is 416. The zero-order chi connectivity index (χ0) is 18.7. The molecule has 0 bridgehead atoms. The van der Waals surface area contributed by atoms with Gasteiger partial charge in [-0.2, -0.15) is 0 Å². The summed E-state index contributed by atoms with van der Waals surface area (Å²) in [5, 5.41) is 0. The summed E-state index contributed by atoms with van der Waals surface area (Å²) in [6.45, 7) is 7.51. The summed E-state index contributed by atoms with van der Waals surface area (Å²) in [6.07, 6.45) is 12.2. The Balaban J connectivity index is 1.37. The minimum absolute atomic E-state index is 0.465. The Labute approximate surface area is 161 Å². The molecule has 3 aliphatic rings. The maximum absolute atomic E-state index is 13.8. The van der Waals surface area contributed by atoms with Gasteiger partial charge in [0.2, 0.25) is 0 Å². The molecular formula is C23H42F2Si. The maximum Gasteiger partial charge on any atom is 0.131 e. The summed E-state index contributed by atoms with van der Waals surface area (Å²) in [7, 11) is -0.874. The van der Waals surface area contributed by atoms with E-state index in [9.17, 15) is 8.78 Å². The monoisotopic (exact) mass is 384 g/mol. The van der Waals surface area contributed by atoms with Crippen LogP contribution in [0.2, 0.25) is 25.7 Å². The third-order valence-corrected chi connectivity index (χ3v) is 9.87. The lowest BCUT2D eigenvalue weighted by Crippen LogP contribution is -2.34. The van der Waals surface area contributed by atoms with Gasteiger partial charge in [0, 0.05) is 8.07 Å². The van der Waals surface area contributed by atoms with Crippen molar-refractivity contribution in [2.24, 2.45) is 29.6 Å². The van der Waals surface area contributed by atoms with Crippen molar-refractivity contribution in [2.45, 2.75) is 115 Å². The van der Waals surface area contributed by atoms with Gasteiger partial charge in [0.1, 0.15) is 12.3 Å². The molecule has 152 valence electrons. The first-order chi connectivity index (χ1) is 12.3. The van der Waals surface area contributed by atoms with Gasteiger partial charge in [-0.3, -0.25) is 0 Å². The van der Waals surface area contributed by atoms with Crippen LogP contribution in [0.15, 0.2) is 0 Å². The first-order valence-electron chi connectivity index (χ1n) is 11.6. The normalized spacial score (nSPS) is 42.6. The summed E-state index contributed by atoms with van der Waals surface area (Å²) < 4.78 is 27.2. The van der Waals surface area contributed by atoms with Crippen LogP contribution < -0.4 is 0 Å². The second-order valence-corrected chi connectivity index (χ2v) is 16.8. The molecule has 0 aromatic heterocycles. The minimum atomic E-state index is -1.18. The molecule has 0 nitrogen and oxygen atoms in total. The summed E-state index contributed by atoms with van der Waals surface area (Å²) in [5.74, 6) is 4.06. The molecule has 0 aliphatic heterocycles. The Kier molecular flexibility index (Phi) is 7.24. The van der Waals surface area contributed by atoms with E-state index in [-0.39, 0.29) is 0 Å². The molecule has 0 spiro atoms. The number of hydrogen-bond acceptors (Lipinski definition) is 0. The molecule has 0 amide bonds. The molecule has 3 fully saturated rings. The first kappa shape index (κ1) is 20.8. The van der Waals surface area contributed by atoms with Crippen LogP contribution in [0, 0.1) is 29.6 Å². The van der Waals surface area contributed by atoms with E-state index in [4.69, 9.17) is 0 Å². The number of halogens is 2. The van der Waals surface area contributed by atoms with E-state index in [0.29, 0.717) is 24.7 Å². The fraction of sp³-hybridized carbons (Fsp3) is 1.00. The molecule has 3 saturated carbocycles. The minimum Gasteiger partial charge on any atom is -0.244 e. The highest BCUT2D eigenvalue weighted by Gasteiger charge is 2.37. The standard InChI is InChI=1S/C23H42F2Si/c1-26(2,3)15-14-17-4-6-18(7-5-17)19-8-10-20(11-9-19)21-12-13-22(24)23(25)16-21/h17-23H,4-16H2,1-3H3. The summed E-state index contributed by atoms with van der Waals surface area (Å²) >= 11 is 0. The fourth-order valence-corrected chi connectivity index (χ4v) is 7.48. The van der Waals surface area contributed by atoms with Crippen LogP contribution in [-0.2, 0) is 0 Å². The summed E-state index contributed by atoms with van der Waals surface area (Å²) in [4.78, 5) is 0. The summed E-state index contributed by atoms with van der Waals surface area (Å²) in [5.41, 5.74) is 0. The first-order valence-corrected chi connectivity index (χ1v) is 15.3. The van der Waals surface area contributed by atoms with Crippen molar-refractivity contribution in [1.82, 2.24) is 0 Å². The smallest absolute Gasteiger partial charge is 0.131 e. The topological polar surface area (TPSA) is 0 Å². The van der Waals surface area contributed by atoms with Crippen LogP contribution in [-0.4, -0.2) is 20.4 Å². The summed E-state index contributed by atoms with van der Waals surface area (Å²) in [6, 6.07) is 1.50. The van der Waals surface area contributed by atoms with Gasteiger partial charge in [-0.05, 0) is 87.4 Å². The molecule has 26 heavy (non-hydrogen) atoms. The third-order valence-electron chi connectivity index (χ3n) is 8.08. The predicted octanol–water partition coefficient (Wildman–Crippen LogP) is 7.80. The largest absolute Gasteiger partial charge is 0.244 e. The van der Waals surface area contributed by atoms with E-state index >= 15 is 0 Å². The van der Waals surface area contributed by atoms with Gasteiger partial charge in [0.25, 0.3) is 0 Å². The highest BCUT2D eigenvalue weighted by atomic mass is 28.3. The van der Waals surface area contributed by atoms with Crippen molar-refractivity contribution in [1.29, 1.82) is 0 Å². The molecule has 0 radical (unpaired) electrons. The van der Waals surface area contributed by atoms with Crippen molar-refractivity contribution in [3.05, 3.63) is 0 Å².